The first kappa shape index (κ1) is 6.76. The summed E-state index contributed by atoms with van der Waals surface area (Å²) in [4.78, 5) is 0. The summed E-state index contributed by atoms with van der Waals surface area (Å²) < 4.78 is 5.12. The zero-order valence-corrected chi connectivity index (χ0v) is 7.19. The van der Waals surface area contributed by atoms with Gasteiger partial charge >= 0.3 is 0 Å². The quantitative estimate of drug-likeness (QED) is 0.371. The summed E-state index contributed by atoms with van der Waals surface area (Å²) in [5, 5.41) is 0.926. The minimum Gasteiger partial charge on any atom is -0.502 e. The molecule has 0 saturated heterocycles. The third-order valence-electron chi connectivity index (χ3n) is 0.437. The fourth-order valence-corrected chi connectivity index (χ4v) is 0.874. The van der Waals surface area contributed by atoms with Crippen molar-refractivity contribution >= 4 is 10.2 Å². The van der Waals surface area contributed by atoms with Crippen molar-refractivity contribution < 1.29 is 4.74 Å². The molecule has 0 rings (SSSR count). The minimum absolute atomic E-state index is 0.310. The fourth-order valence-electron chi connectivity index (χ4n) is 0.402. The Morgan fingerprint density at radius 2 is 2.14 bits per heavy atom. The Balaban J connectivity index is 3.13. The highest BCUT2D eigenvalue weighted by Crippen LogP contribution is 1.91. The van der Waals surface area contributed by atoms with E-state index in [-0.39, 0.29) is 0 Å². The molecule has 0 spiro atoms. The Morgan fingerprint density at radius 1 is 1.71 bits per heavy atom. The van der Waals surface area contributed by atoms with Crippen molar-refractivity contribution in [2.24, 2.45) is 0 Å². The van der Waals surface area contributed by atoms with Crippen LogP contribution in [0.4, 0.5) is 0 Å². The molecule has 0 aliphatic carbocycles. The first-order chi connectivity index (χ1) is 3.13. The van der Waals surface area contributed by atoms with Crippen LogP contribution in [0.3, 0.4) is 0 Å². The van der Waals surface area contributed by atoms with Gasteiger partial charge < -0.3 is 4.74 Å². The van der Waals surface area contributed by atoms with E-state index >= 15 is 0 Å². The molecule has 0 aromatic heterocycles. The highest BCUT2D eigenvalue weighted by molar-refractivity contribution is 6.19. The van der Waals surface area contributed by atoms with Crippen LogP contribution in [0.15, 0.2) is 12.0 Å². The van der Waals surface area contributed by atoms with E-state index in [1.807, 2.05) is 13.8 Å². The largest absolute Gasteiger partial charge is 0.502 e. The van der Waals surface area contributed by atoms with Gasteiger partial charge in [0.2, 0.25) is 0 Å². The van der Waals surface area contributed by atoms with Crippen LogP contribution < -0.4 is 0 Å². The Kier molecular flexibility index (Phi) is 2.75. The zero-order chi connectivity index (χ0) is 5.86. The Bertz CT molecular complexity index is 68.5. The van der Waals surface area contributed by atoms with Gasteiger partial charge in [-0.2, -0.15) is 0 Å². The summed E-state index contributed by atoms with van der Waals surface area (Å²) in [5.41, 5.74) is 0. The Labute approximate surface area is 47.8 Å². The van der Waals surface area contributed by atoms with Crippen molar-refractivity contribution in [1.29, 1.82) is 0 Å². The van der Waals surface area contributed by atoms with Crippen LogP contribution in [0, 0.1) is 0 Å². The number of hydrogen-bond donors (Lipinski definition) is 0. The van der Waals surface area contributed by atoms with E-state index in [0.29, 0.717) is 6.10 Å². The van der Waals surface area contributed by atoms with Gasteiger partial charge in [-0.05, 0) is 13.8 Å². The summed E-state index contributed by atoms with van der Waals surface area (Å²) in [6.45, 7) is 7.64. The molecule has 0 saturated carbocycles. The third-order valence-corrected chi connectivity index (χ3v) is 0.673. The highest BCUT2D eigenvalue weighted by Gasteiger charge is 1.88. The number of hydrogen-bond acceptors (Lipinski definition) is 1. The van der Waals surface area contributed by atoms with E-state index in [4.69, 9.17) is 4.74 Å². The lowest BCUT2D eigenvalue weighted by Gasteiger charge is -2.06. The lowest BCUT2D eigenvalue weighted by atomic mass is 10.5. The lowest BCUT2D eigenvalue weighted by molar-refractivity contribution is 0.169. The maximum Gasteiger partial charge on any atom is 0.0919 e. The zero-order valence-electron chi connectivity index (χ0n) is 5.19. The molecule has 0 aliphatic rings. The molecule has 42 valence electrons. The van der Waals surface area contributed by atoms with Crippen LogP contribution in [-0.2, 0) is 4.74 Å². The predicted octanol–water partition coefficient (Wildman–Crippen LogP) is 0.248. The molecule has 0 heterocycles. The second kappa shape index (κ2) is 2.85. The van der Waals surface area contributed by atoms with E-state index in [2.05, 4.69) is 6.58 Å². The van der Waals surface area contributed by atoms with E-state index in [1.165, 1.54) is 0 Å². The molecule has 0 atom stereocenters. The van der Waals surface area contributed by atoms with Crippen molar-refractivity contribution in [3.8, 4) is 0 Å². The van der Waals surface area contributed by atoms with Gasteiger partial charge in [0.25, 0.3) is 0 Å². The van der Waals surface area contributed by atoms with Gasteiger partial charge in [-0.15, -0.1) is 0 Å². The van der Waals surface area contributed by atoms with Crippen molar-refractivity contribution in [3.63, 3.8) is 0 Å². The number of rotatable bonds is 2. The molecule has 0 radical (unpaired) electrons. The average Bonchev–Trinajstić information content (AvgIpc) is 1.27. The van der Waals surface area contributed by atoms with Crippen LogP contribution in [0.5, 0.6) is 0 Å². The summed E-state index contributed by atoms with van der Waals surface area (Å²) in [6.07, 6.45) is 0.310. The number of ether oxygens (including phenoxy) is 1. The van der Waals surface area contributed by atoms with Crippen molar-refractivity contribution in [2.45, 2.75) is 20.0 Å². The van der Waals surface area contributed by atoms with Crippen LogP contribution >= 0.6 is 0 Å². The monoisotopic (exact) mass is 116 g/mol. The van der Waals surface area contributed by atoms with Gasteiger partial charge in [0.05, 0.1) is 21.7 Å². The van der Waals surface area contributed by atoms with Crippen molar-refractivity contribution in [1.82, 2.24) is 0 Å². The molecule has 0 amide bonds. The first-order valence-corrected chi connectivity index (χ1v) is 3.45. The van der Waals surface area contributed by atoms with Crippen LogP contribution in [0.25, 0.3) is 0 Å². The van der Waals surface area contributed by atoms with E-state index in [1.54, 1.807) is 0 Å². The maximum absolute atomic E-state index is 5.12. The molecule has 0 fully saturated rings. The van der Waals surface area contributed by atoms with E-state index in [0.717, 1.165) is 15.6 Å². The third kappa shape index (κ3) is 5.76. The Morgan fingerprint density at radius 3 is 2.14 bits per heavy atom. The summed E-state index contributed by atoms with van der Waals surface area (Å²) in [5.74, 6) is 0. The molecular weight excluding hydrogens is 104 g/mol. The molecule has 7 heavy (non-hydrogen) atoms. The standard InChI is InChI=1S/C5H12OSi/c1-4(2)6-5(3)7/h4H,3H2,1-2,7H3. The molecule has 0 N–H and O–H groups in total. The van der Waals surface area contributed by atoms with Gasteiger partial charge in [-0.3, -0.25) is 0 Å². The van der Waals surface area contributed by atoms with Crippen molar-refractivity contribution in [3.05, 3.63) is 12.0 Å². The predicted molar refractivity (Wildman–Crippen MR) is 35.3 cm³/mol. The average molecular weight is 116 g/mol. The van der Waals surface area contributed by atoms with Crippen LogP contribution in [0.2, 0.25) is 0 Å². The minimum atomic E-state index is 0.310. The van der Waals surface area contributed by atoms with Gasteiger partial charge in [0, 0.05) is 0 Å². The molecule has 0 aliphatic heterocycles. The van der Waals surface area contributed by atoms with Gasteiger partial charge in [-0.1, -0.05) is 6.58 Å². The van der Waals surface area contributed by atoms with Crippen LogP contribution in [-0.4, -0.2) is 16.3 Å². The summed E-state index contributed by atoms with van der Waals surface area (Å²) in [6, 6.07) is 0. The molecule has 0 aromatic carbocycles. The normalized spacial score (nSPS) is 9.57. The highest BCUT2D eigenvalue weighted by atomic mass is 28.1. The van der Waals surface area contributed by atoms with E-state index in [9.17, 15) is 0 Å². The van der Waals surface area contributed by atoms with E-state index < -0.39 is 0 Å². The lowest BCUT2D eigenvalue weighted by Crippen LogP contribution is -2.00. The molecule has 0 aromatic rings. The maximum atomic E-state index is 5.12. The first-order valence-electron chi connectivity index (χ1n) is 2.45. The molecule has 0 unspecified atom stereocenters. The van der Waals surface area contributed by atoms with Gasteiger partial charge in [0.15, 0.2) is 0 Å². The molecule has 2 heteroatoms. The van der Waals surface area contributed by atoms with Gasteiger partial charge in [-0.25, -0.2) is 0 Å². The SMILES string of the molecule is C=C([SiH3])OC(C)C. The Hall–Kier alpha value is -0.243. The fraction of sp³-hybridized carbons (Fsp3) is 0.600. The van der Waals surface area contributed by atoms with Crippen LogP contribution in [0.1, 0.15) is 13.8 Å². The summed E-state index contributed by atoms with van der Waals surface area (Å²) >= 11 is 0. The second-order valence-corrected chi connectivity index (χ2v) is 2.98. The smallest absolute Gasteiger partial charge is 0.0919 e. The molecule has 0 bridgehead atoms. The molecular formula is C5H12OSi. The summed E-state index contributed by atoms with van der Waals surface area (Å²) in [7, 11) is 0.950. The molecule has 1 nitrogen and oxygen atoms in total. The topological polar surface area (TPSA) is 9.23 Å². The van der Waals surface area contributed by atoms with Crippen molar-refractivity contribution in [2.75, 3.05) is 0 Å². The van der Waals surface area contributed by atoms with Gasteiger partial charge in [0.1, 0.15) is 0 Å². The second-order valence-electron chi connectivity index (χ2n) is 1.87.